The molecule has 0 bridgehead atoms. The average Bonchev–Trinajstić information content (AvgIpc) is 3.19. The van der Waals surface area contributed by atoms with E-state index in [9.17, 15) is 31.1 Å². The monoisotopic (exact) mass is 560 g/mol. The number of fused-ring (bicyclic) bond motifs is 3. The van der Waals surface area contributed by atoms with Gasteiger partial charge in [-0.25, -0.2) is 18.6 Å². The van der Waals surface area contributed by atoms with Crippen LogP contribution in [0.5, 0.6) is 5.75 Å². The summed E-state index contributed by atoms with van der Waals surface area (Å²) in [6.45, 7) is 1.30. The highest BCUT2D eigenvalue weighted by Gasteiger charge is 2.32. The number of nitrogens with zero attached hydrogens (tertiary/aromatic N) is 3. The van der Waals surface area contributed by atoms with Crippen molar-refractivity contribution in [3.8, 4) is 5.75 Å². The number of alkyl halides is 3. The molecule has 6 nitrogen and oxygen atoms in total. The number of aromatic nitrogens is 2. The third-order valence-electron chi connectivity index (χ3n) is 6.43. The van der Waals surface area contributed by atoms with Gasteiger partial charge in [-0.05, 0) is 53.1 Å². The number of benzene rings is 2. The molecule has 208 valence electrons. The van der Waals surface area contributed by atoms with Crippen LogP contribution in [0.15, 0.2) is 60.8 Å². The van der Waals surface area contributed by atoms with E-state index < -0.39 is 35.7 Å². The molecule has 1 N–H and O–H groups in total. The van der Waals surface area contributed by atoms with E-state index in [1.54, 1.807) is 12.2 Å². The summed E-state index contributed by atoms with van der Waals surface area (Å²) in [5.74, 6) is -2.55. The largest absolute Gasteiger partial charge is 0.573 e. The molecule has 3 heterocycles. The van der Waals surface area contributed by atoms with Crippen LogP contribution >= 0.6 is 0 Å². The number of hydrogen-bond donors (Lipinski definition) is 1. The SMILES string of the molecule is O=C(NCc1ccnc(F)c1)n1c2c(c3ccc(OC(F)(F)F)cc31)CN(C/C=C/c1cc(F)cc(F)c1)CC2. The highest BCUT2D eigenvalue weighted by molar-refractivity contribution is 5.96. The lowest BCUT2D eigenvalue weighted by molar-refractivity contribution is -0.274. The Labute approximate surface area is 224 Å². The zero-order valence-electron chi connectivity index (χ0n) is 20.8. The van der Waals surface area contributed by atoms with Crippen molar-refractivity contribution < 1.29 is 35.9 Å². The van der Waals surface area contributed by atoms with Crippen LogP contribution in [0, 0.1) is 17.6 Å². The molecule has 0 aliphatic carbocycles. The second kappa shape index (κ2) is 11.0. The number of nitrogens with one attached hydrogen (secondary N) is 1. The Morgan fingerprint density at radius 1 is 1.05 bits per heavy atom. The molecule has 0 fully saturated rings. The first-order valence-electron chi connectivity index (χ1n) is 12.2. The Morgan fingerprint density at radius 2 is 1.82 bits per heavy atom. The third kappa shape index (κ3) is 6.28. The fourth-order valence-electron chi connectivity index (χ4n) is 4.80. The Hall–Kier alpha value is -4.32. The van der Waals surface area contributed by atoms with Crippen molar-refractivity contribution in [1.29, 1.82) is 0 Å². The van der Waals surface area contributed by atoms with E-state index in [1.165, 1.54) is 47.2 Å². The summed E-state index contributed by atoms with van der Waals surface area (Å²) < 4.78 is 84.5. The van der Waals surface area contributed by atoms with Crippen LogP contribution in [-0.4, -0.2) is 39.9 Å². The maximum absolute atomic E-state index is 13.5. The van der Waals surface area contributed by atoms with E-state index in [1.807, 2.05) is 4.90 Å². The number of ether oxygens (including phenoxy) is 1. The molecule has 0 saturated heterocycles. The number of amides is 1. The third-order valence-corrected chi connectivity index (χ3v) is 6.43. The minimum absolute atomic E-state index is 0.0247. The summed E-state index contributed by atoms with van der Waals surface area (Å²) in [6, 6.07) is 9.15. The Morgan fingerprint density at radius 3 is 2.55 bits per heavy atom. The first-order valence-corrected chi connectivity index (χ1v) is 12.2. The highest BCUT2D eigenvalue weighted by atomic mass is 19.4. The molecular weight excluding hydrogens is 538 g/mol. The number of carbonyl (C=O) groups excluding carboxylic acids is 1. The van der Waals surface area contributed by atoms with Gasteiger partial charge in [0.25, 0.3) is 0 Å². The van der Waals surface area contributed by atoms with Crippen molar-refractivity contribution in [3.05, 3.63) is 101 Å². The van der Waals surface area contributed by atoms with Crippen molar-refractivity contribution >= 4 is 23.0 Å². The molecule has 5 rings (SSSR count). The van der Waals surface area contributed by atoms with Gasteiger partial charge in [0.1, 0.15) is 17.4 Å². The van der Waals surface area contributed by atoms with Gasteiger partial charge in [-0.1, -0.05) is 12.2 Å². The maximum atomic E-state index is 13.5. The fraction of sp³-hybridized carbons (Fsp3) is 0.214. The second-order valence-corrected chi connectivity index (χ2v) is 9.22. The molecule has 0 atom stereocenters. The number of halogens is 6. The van der Waals surface area contributed by atoms with Gasteiger partial charge < -0.3 is 10.1 Å². The molecule has 1 amide bonds. The molecule has 1 aliphatic rings. The molecule has 0 unspecified atom stereocenters. The van der Waals surface area contributed by atoms with Crippen molar-refractivity contribution in [2.24, 2.45) is 0 Å². The number of rotatable bonds is 6. The summed E-state index contributed by atoms with van der Waals surface area (Å²) in [7, 11) is 0. The van der Waals surface area contributed by atoms with Crippen LogP contribution in [0.1, 0.15) is 22.4 Å². The van der Waals surface area contributed by atoms with Crippen LogP contribution in [0.4, 0.5) is 31.1 Å². The van der Waals surface area contributed by atoms with Gasteiger partial charge in [0.15, 0.2) is 0 Å². The maximum Gasteiger partial charge on any atom is 0.573 e. The van der Waals surface area contributed by atoms with Crippen LogP contribution in [0.3, 0.4) is 0 Å². The van der Waals surface area contributed by atoms with Crippen molar-refractivity contribution in [2.45, 2.75) is 25.9 Å². The average molecular weight is 560 g/mol. The standard InChI is InChI=1S/C28H22F6N4O2/c29-19-10-17(11-20(30)13-19)2-1-8-37-9-6-24-23(16-37)22-4-3-21(40-28(32,33)34)14-25(22)38(24)27(39)36-15-18-5-7-35-26(31)12-18/h1-5,7,10-14H,6,8-9,15-16H2,(H,36,39)/b2-1+. The molecular formula is C28H22F6N4O2. The van der Waals surface area contributed by atoms with Crippen LogP contribution in [0.2, 0.25) is 0 Å². The van der Waals surface area contributed by atoms with Crippen LogP contribution in [-0.2, 0) is 19.5 Å². The smallest absolute Gasteiger partial charge is 0.406 e. The Kier molecular flexibility index (Phi) is 7.53. The topological polar surface area (TPSA) is 59.4 Å². The molecule has 1 aliphatic heterocycles. The molecule has 40 heavy (non-hydrogen) atoms. The zero-order chi connectivity index (χ0) is 28.4. The molecule has 0 saturated carbocycles. The van der Waals surface area contributed by atoms with Gasteiger partial charge in [0, 0.05) is 62.0 Å². The van der Waals surface area contributed by atoms with Gasteiger partial charge >= 0.3 is 12.4 Å². The van der Waals surface area contributed by atoms with E-state index in [0.717, 1.165) is 17.7 Å². The lowest BCUT2D eigenvalue weighted by Gasteiger charge is -2.27. The molecule has 2 aromatic heterocycles. The lowest BCUT2D eigenvalue weighted by atomic mass is 10.0. The van der Waals surface area contributed by atoms with E-state index in [0.29, 0.717) is 48.3 Å². The predicted octanol–water partition coefficient (Wildman–Crippen LogP) is 6.18. The zero-order valence-corrected chi connectivity index (χ0v) is 20.8. The fourth-order valence-corrected chi connectivity index (χ4v) is 4.80. The van der Waals surface area contributed by atoms with Gasteiger partial charge in [-0.15, -0.1) is 13.2 Å². The number of hydrogen-bond acceptors (Lipinski definition) is 4. The van der Waals surface area contributed by atoms with Crippen LogP contribution in [0.25, 0.3) is 17.0 Å². The molecule has 2 aromatic carbocycles. The minimum atomic E-state index is -4.91. The van der Waals surface area contributed by atoms with Gasteiger partial charge in [-0.3, -0.25) is 9.47 Å². The van der Waals surface area contributed by atoms with E-state index in [-0.39, 0.29) is 12.1 Å². The first-order chi connectivity index (χ1) is 19.1. The highest BCUT2D eigenvalue weighted by Crippen LogP contribution is 2.34. The van der Waals surface area contributed by atoms with Crippen molar-refractivity contribution in [2.75, 3.05) is 13.1 Å². The molecule has 4 aromatic rings. The Bertz CT molecular complexity index is 1580. The number of carbonyl (C=O) groups is 1. The summed E-state index contributed by atoms with van der Waals surface area (Å²) in [5.41, 5.74) is 2.45. The number of pyridine rings is 1. The van der Waals surface area contributed by atoms with Gasteiger partial charge in [0.2, 0.25) is 5.95 Å². The molecule has 0 spiro atoms. The Balaban J connectivity index is 1.42. The minimum Gasteiger partial charge on any atom is -0.406 e. The van der Waals surface area contributed by atoms with E-state index in [2.05, 4.69) is 15.0 Å². The second-order valence-electron chi connectivity index (χ2n) is 9.22. The molecule has 0 radical (unpaired) electrons. The summed E-state index contributed by atoms with van der Waals surface area (Å²) in [4.78, 5) is 18.8. The first kappa shape index (κ1) is 27.3. The predicted molar refractivity (Wildman–Crippen MR) is 135 cm³/mol. The quantitative estimate of drug-likeness (QED) is 0.226. The summed E-state index contributed by atoms with van der Waals surface area (Å²) in [5, 5.41) is 3.27. The normalized spacial score (nSPS) is 14.1. The van der Waals surface area contributed by atoms with E-state index in [4.69, 9.17) is 0 Å². The van der Waals surface area contributed by atoms with Gasteiger partial charge in [0.05, 0.1) is 5.52 Å². The van der Waals surface area contributed by atoms with E-state index >= 15 is 0 Å². The van der Waals surface area contributed by atoms with Crippen molar-refractivity contribution in [3.63, 3.8) is 0 Å². The lowest BCUT2D eigenvalue weighted by Crippen LogP contribution is -2.34. The molecule has 12 heteroatoms. The van der Waals surface area contributed by atoms with Gasteiger partial charge in [-0.2, -0.15) is 4.39 Å². The van der Waals surface area contributed by atoms with Crippen molar-refractivity contribution in [1.82, 2.24) is 19.8 Å². The summed E-state index contributed by atoms with van der Waals surface area (Å²) >= 11 is 0. The summed E-state index contributed by atoms with van der Waals surface area (Å²) in [6.07, 6.45) is 0.110. The van der Waals surface area contributed by atoms with Crippen LogP contribution < -0.4 is 10.1 Å².